The predicted molar refractivity (Wildman–Crippen MR) is 68.2 cm³/mol. The molecule has 0 saturated carbocycles. The minimum absolute atomic E-state index is 0.159. The monoisotopic (exact) mass is 260 g/mol. The second-order valence-corrected chi connectivity index (χ2v) is 3.84. The SMILES string of the molecule is O=C(Cl)Oc1ccccc1C(=O)c1ccccc1. The molecule has 3 nitrogen and oxygen atoms in total. The zero-order valence-electron chi connectivity index (χ0n) is 9.30. The Bertz CT molecular complexity index is 579. The molecular weight excluding hydrogens is 252 g/mol. The molecule has 2 aromatic carbocycles. The quantitative estimate of drug-likeness (QED) is 0.625. The first kappa shape index (κ1) is 12.3. The van der Waals surface area contributed by atoms with E-state index in [-0.39, 0.29) is 11.5 Å². The zero-order valence-corrected chi connectivity index (χ0v) is 10.1. The van der Waals surface area contributed by atoms with Crippen LogP contribution in [0.1, 0.15) is 15.9 Å². The molecule has 0 aliphatic rings. The maximum Gasteiger partial charge on any atom is 0.409 e. The summed E-state index contributed by atoms with van der Waals surface area (Å²) in [5.41, 5.74) is -0.142. The number of hydrogen-bond acceptors (Lipinski definition) is 3. The fourth-order valence-electron chi connectivity index (χ4n) is 1.57. The Morgan fingerprint density at radius 3 is 2.17 bits per heavy atom. The number of carbonyl (C=O) groups excluding carboxylic acids is 2. The van der Waals surface area contributed by atoms with Crippen molar-refractivity contribution in [3.05, 3.63) is 65.7 Å². The summed E-state index contributed by atoms with van der Waals surface area (Å²) in [7, 11) is 0. The summed E-state index contributed by atoms with van der Waals surface area (Å²) in [6.45, 7) is 0. The van der Waals surface area contributed by atoms with Gasteiger partial charge in [-0.05, 0) is 12.1 Å². The molecule has 4 heteroatoms. The van der Waals surface area contributed by atoms with Gasteiger partial charge in [-0.2, -0.15) is 0 Å². The van der Waals surface area contributed by atoms with E-state index >= 15 is 0 Å². The lowest BCUT2D eigenvalue weighted by atomic mass is 10.0. The minimum atomic E-state index is -0.969. The molecule has 0 aromatic heterocycles. The smallest absolute Gasteiger partial charge is 0.409 e. The molecule has 0 amide bonds. The fraction of sp³-hybridized carbons (Fsp3) is 0. The van der Waals surface area contributed by atoms with E-state index in [1.54, 1.807) is 42.5 Å². The first-order valence-corrected chi connectivity index (χ1v) is 5.62. The topological polar surface area (TPSA) is 43.4 Å². The van der Waals surface area contributed by atoms with Crippen molar-refractivity contribution in [3.63, 3.8) is 0 Å². The van der Waals surface area contributed by atoms with Gasteiger partial charge in [-0.25, -0.2) is 4.79 Å². The maximum absolute atomic E-state index is 12.2. The van der Waals surface area contributed by atoms with Crippen molar-refractivity contribution in [2.45, 2.75) is 0 Å². The second kappa shape index (κ2) is 5.47. The summed E-state index contributed by atoms with van der Waals surface area (Å²) < 4.78 is 4.79. The molecule has 0 heterocycles. The minimum Gasteiger partial charge on any atom is -0.414 e. The summed E-state index contributed by atoms with van der Waals surface area (Å²) >= 11 is 5.16. The first-order chi connectivity index (χ1) is 8.68. The van der Waals surface area contributed by atoms with Gasteiger partial charge in [0.2, 0.25) is 0 Å². The maximum atomic E-state index is 12.2. The summed E-state index contributed by atoms with van der Waals surface area (Å²) in [4.78, 5) is 23.0. The molecule has 2 rings (SSSR count). The number of carbonyl (C=O) groups is 2. The normalized spacial score (nSPS) is 9.83. The summed E-state index contributed by atoms with van der Waals surface area (Å²) in [6.07, 6.45) is 0. The molecule has 0 bridgehead atoms. The Labute approximate surface area is 109 Å². The Hall–Kier alpha value is -2.13. The summed E-state index contributed by atoms with van der Waals surface area (Å²) in [5, 5.41) is 0. The average Bonchev–Trinajstić information content (AvgIpc) is 2.39. The highest BCUT2D eigenvalue weighted by Gasteiger charge is 2.15. The van der Waals surface area contributed by atoms with Crippen LogP contribution in [0, 0.1) is 0 Å². The van der Waals surface area contributed by atoms with E-state index in [1.165, 1.54) is 6.07 Å². The highest BCUT2D eigenvalue weighted by atomic mass is 35.5. The number of ketones is 1. The fourth-order valence-corrected chi connectivity index (χ4v) is 1.66. The van der Waals surface area contributed by atoms with Gasteiger partial charge in [0.05, 0.1) is 5.56 Å². The molecule has 0 N–H and O–H groups in total. The largest absolute Gasteiger partial charge is 0.414 e. The lowest BCUT2D eigenvalue weighted by molar-refractivity contribution is 0.103. The van der Waals surface area contributed by atoms with Crippen molar-refractivity contribution in [3.8, 4) is 5.75 Å². The highest BCUT2D eigenvalue weighted by Crippen LogP contribution is 2.22. The van der Waals surface area contributed by atoms with E-state index < -0.39 is 5.43 Å². The number of hydrogen-bond donors (Lipinski definition) is 0. The third-order valence-electron chi connectivity index (χ3n) is 2.36. The van der Waals surface area contributed by atoms with Crippen LogP contribution < -0.4 is 4.74 Å². The van der Waals surface area contributed by atoms with Crippen LogP contribution in [-0.4, -0.2) is 11.2 Å². The standard InChI is InChI=1S/C14H9ClO3/c15-14(17)18-12-9-5-4-8-11(12)13(16)10-6-2-1-3-7-10/h1-9H. The molecule has 18 heavy (non-hydrogen) atoms. The molecule has 0 fully saturated rings. The number of ether oxygens (including phenoxy) is 1. The average molecular weight is 261 g/mol. The zero-order chi connectivity index (χ0) is 13.0. The Morgan fingerprint density at radius 1 is 0.889 bits per heavy atom. The van der Waals surface area contributed by atoms with Crippen molar-refractivity contribution in [2.75, 3.05) is 0 Å². The summed E-state index contributed by atoms with van der Waals surface area (Å²) in [5.74, 6) is -0.0598. The lowest BCUT2D eigenvalue weighted by Crippen LogP contribution is -2.06. The van der Waals surface area contributed by atoms with Crippen molar-refractivity contribution < 1.29 is 14.3 Å². The molecular formula is C14H9ClO3. The van der Waals surface area contributed by atoms with Gasteiger partial charge in [0.1, 0.15) is 5.75 Å². The molecule has 0 atom stereocenters. The molecule has 0 spiro atoms. The van der Waals surface area contributed by atoms with E-state index in [0.717, 1.165) is 0 Å². The van der Waals surface area contributed by atoms with Crippen molar-refractivity contribution >= 4 is 22.8 Å². The van der Waals surface area contributed by atoms with Gasteiger partial charge < -0.3 is 4.74 Å². The highest BCUT2D eigenvalue weighted by molar-refractivity contribution is 6.61. The van der Waals surface area contributed by atoms with Crippen LogP contribution in [0.4, 0.5) is 4.79 Å². The van der Waals surface area contributed by atoms with Crippen LogP contribution in [0.3, 0.4) is 0 Å². The number of halogens is 1. The van der Waals surface area contributed by atoms with Gasteiger partial charge in [0.15, 0.2) is 5.78 Å². The van der Waals surface area contributed by atoms with Crippen LogP contribution >= 0.6 is 11.6 Å². The molecule has 0 aliphatic carbocycles. The van der Waals surface area contributed by atoms with Crippen molar-refractivity contribution in [1.82, 2.24) is 0 Å². The molecule has 0 saturated heterocycles. The van der Waals surface area contributed by atoms with E-state index in [1.807, 2.05) is 6.07 Å². The van der Waals surface area contributed by atoms with E-state index in [4.69, 9.17) is 16.3 Å². The Balaban J connectivity index is 2.39. The number of rotatable bonds is 3. The van der Waals surface area contributed by atoms with Crippen molar-refractivity contribution in [1.29, 1.82) is 0 Å². The van der Waals surface area contributed by atoms with Crippen LogP contribution in [0.15, 0.2) is 54.6 Å². The predicted octanol–water partition coefficient (Wildman–Crippen LogP) is 3.66. The van der Waals surface area contributed by atoms with Crippen LogP contribution in [0.25, 0.3) is 0 Å². The van der Waals surface area contributed by atoms with Gasteiger partial charge in [-0.15, -0.1) is 0 Å². The Morgan fingerprint density at radius 2 is 1.50 bits per heavy atom. The van der Waals surface area contributed by atoms with Crippen molar-refractivity contribution in [2.24, 2.45) is 0 Å². The van der Waals surface area contributed by atoms with Crippen LogP contribution in [0.5, 0.6) is 5.75 Å². The molecule has 0 unspecified atom stereocenters. The molecule has 90 valence electrons. The second-order valence-electron chi connectivity index (χ2n) is 3.53. The lowest BCUT2D eigenvalue weighted by Gasteiger charge is -2.06. The van der Waals surface area contributed by atoms with Gasteiger partial charge in [-0.1, -0.05) is 42.5 Å². The molecule has 0 radical (unpaired) electrons. The third kappa shape index (κ3) is 2.76. The van der Waals surface area contributed by atoms with Gasteiger partial charge >= 0.3 is 5.43 Å². The first-order valence-electron chi connectivity index (χ1n) is 5.24. The Kier molecular flexibility index (Phi) is 3.75. The molecule has 0 aliphatic heterocycles. The van der Waals surface area contributed by atoms with Gasteiger partial charge in [-0.3, -0.25) is 4.79 Å². The van der Waals surface area contributed by atoms with E-state index in [0.29, 0.717) is 11.1 Å². The number of benzene rings is 2. The third-order valence-corrected chi connectivity index (χ3v) is 2.44. The van der Waals surface area contributed by atoms with E-state index in [2.05, 4.69) is 0 Å². The summed E-state index contributed by atoms with van der Waals surface area (Å²) in [6, 6.07) is 15.2. The number of para-hydroxylation sites is 1. The van der Waals surface area contributed by atoms with Crippen LogP contribution in [-0.2, 0) is 0 Å². The molecule has 2 aromatic rings. The van der Waals surface area contributed by atoms with Gasteiger partial charge in [0, 0.05) is 17.2 Å². The van der Waals surface area contributed by atoms with E-state index in [9.17, 15) is 9.59 Å². The van der Waals surface area contributed by atoms with Gasteiger partial charge in [0.25, 0.3) is 0 Å². The van der Waals surface area contributed by atoms with Crippen LogP contribution in [0.2, 0.25) is 0 Å².